The molecule has 1 aliphatic heterocycles. The molecule has 2 rings (SSSR count). The number of thioether (sulfide) groups is 2. The molecule has 1 atom stereocenters. The Morgan fingerprint density at radius 1 is 1.12 bits per heavy atom. The molecule has 0 spiro atoms. The van der Waals surface area contributed by atoms with E-state index in [1.54, 1.807) is 0 Å². The Morgan fingerprint density at radius 3 is 2.27 bits per heavy atom. The van der Waals surface area contributed by atoms with Gasteiger partial charge in [0.1, 0.15) is 0 Å². The number of rotatable bonds is 9. The monoisotopic (exact) mass is 412 g/mol. The van der Waals surface area contributed by atoms with E-state index in [1.165, 1.54) is 37.2 Å². The second-order valence-corrected chi connectivity index (χ2v) is 16.9. The van der Waals surface area contributed by atoms with Crippen LogP contribution in [0.5, 0.6) is 0 Å². The molecule has 4 heteroatoms. The molecular weight excluding hydrogens is 372 g/mol. The molecule has 0 aromatic heterocycles. The van der Waals surface area contributed by atoms with Crippen molar-refractivity contribution in [1.82, 2.24) is 0 Å². The van der Waals surface area contributed by atoms with Crippen molar-refractivity contribution in [2.24, 2.45) is 5.41 Å². The lowest BCUT2D eigenvalue weighted by Crippen LogP contribution is -2.45. The lowest BCUT2D eigenvalue weighted by Gasteiger charge is -2.43. The van der Waals surface area contributed by atoms with Gasteiger partial charge < -0.3 is 4.43 Å². The van der Waals surface area contributed by atoms with Crippen molar-refractivity contribution in [2.45, 2.75) is 95.0 Å². The molecule has 1 heterocycles. The van der Waals surface area contributed by atoms with Crippen LogP contribution in [-0.4, -0.2) is 30.5 Å². The van der Waals surface area contributed by atoms with Gasteiger partial charge in [0.05, 0.1) is 4.58 Å². The minimum atomic E-state index is -1.75. The Kier molecular flexibility index (Phi) is 8.46. The molecule has 1 saturated heterocycles. The third-order valence-electron chi connectivity index (χ3n) is 6.17. The number of unbranched alkanes of at least 4 members (excludes halogenated alkanes) is 2. The maximum Gasteiger partial charge on any atom is 0.192 e. The summed E-state index contributed by atoms with van der Waals surface area (Å²) in [7, 11) is -1.75. The van der Waals surface area contributed by atoms with E-state index < -0.39 is 8.32 Å². The molecule has 150 valence electrons. The molecular formula is C22H40OS2Si. The summed E-state index contributed by atoms with van der Waals surface area (Å²) in [6, 6.07) is 0. The molecule has 1 aliphatic carbocycles. The predicted molar refractivity (Wildman–Crippen MR) is 125 cm³/mol. The van der Waals surface area contributed by atoms with E-state index in [1.807, 2.05) is 0 Å². The highest BCUT2D eigenvalue weighted by molar-refractivity contribution is 8.20. The minimum Gasteiger partial charge on any atom is -0.414 e. The van der Waals surface area contributed by atoms with Crippen molar-refractivity contribution < 1.29 is 4.43 Å². The van der Waals surface area contributed by atoms with E-state index in [9.17, 15) is 0 Å². The maximum atomic E-state index is 6.99. The van der Waals surface area contributed by atoms with Crippen LogP contribution in [0.25, 0.3) is 0 Å². The number of allylic oxidation sites excluding steroid dienone is 4. The number of hydrogen-bond donors (Lipinski definition) is 0. The fourth-order valence-corrected chi connectivity index (χ4v) is 8.26. The van der Waals surface area contributed by atoms with Gasteiger partial charge >= 0.3 is 0 Å². The maximum absolute atomic E-state index is 6.99. The van der Waals surface area contributed by atoms with Crippen molar-refractivity contribution in [3.05, 3.63) is 24.3 Å². The molecule has 0 unspecified atom stereocenters. The Bertz CT molecular complexity index is 475. The van der Waals surface area contributed by atoms with Gasteiger partial charge in [-0.1, -0.05) is 71.3 Å². The third-order valence-corrected chi connectivity index (χ3v) is 14.1. The van der Waals surface area contributed by atoms with Crippen LogP contribution >= 0.6 is 23.5 Å². The highest BCUT2D eigenvalue weighted by Gasteiger charge is 2.43. The van der Waals surface area contributed by atoms with Gasteiger partial charge in [-0.3, -0.25) is 0 Å². The third kappa shape index (κ3) is 5.92. The molecule has 0 radical (unpaired) electrons. The Morgan fingerprint density at radius 2 is 1.73 bits per heavy atom. The van der Waals surface area contributed by atoms with Crippen molar-refractivity contribution >= 4 is 31.8 Å². The van der Waals surface area contributed by atoms with E-state index >= 15 is 0 Å². The average molecular weight is 413 g/mol. The van der Waals surface area contributed by atoms with Gasteiger partial charge in [-0.2, -0.15) is 0 Å². The van der Waals surface area contributed by atoms with E-state index in [-0.39, 0.29) is 10.5 Å². The van der Waals surface area contributed by atoms with Crippen molar-refractivity contribution in [1.29, 1.82) is 0 Å². The summed E-state index contributed by atoms with van der Waals surface area (Å²) in [4.78, 5) is 0. The summed E-state index contributed by atoms with van der Waals surface area (Å²) in [5.41, 5.74) is 0.184. The Labute approximate surface area is 172 Å². The fraction of sp³-hybridized carbons (Fsp3) is 0.818. The topological polar surface area (TPSA) is 9.23 Å². The lowest BCUT2D eigenvalue weighted by molar-refractivity contribution is 0.133. The van der Waals surface area contributed by atoms with Gasteiger partial charge in [0.25, 0.3) is 0 Å². The SMILES string of the molecule is CCCCC[C@@H](CC1(C2SCCS2)C=CCC=C1)O[Si](C)(C)C(C)(C)C. The molecule has 0 aromatic carbocycles. The van der Waals surface area contributed by atoms with Crippen LogP contribution in [0, 0.1) is 5.41 Å². The standard InChI is InChI=1S/C22H40OS2Si/c1-7-8-10-13-19(23-26(5,6)21(2,3)4)18-22(14-11-9-12-15-22)20-24-16-17-25-20/h11-12,14-15,19-20H,7-10,13,16-18H2,1-6H3/t19-/m0/s1. The largest absolute Gasteiger partial charge is 0.414 e. The van der Waals surface area contributed by atoms with Crippen LogP contribution in [0.1, 0.15) is 66.2 Å². The predicted octanol–water partition coefficient (Wildman–Crippen LogP) is 7.66. The second-order valence-electron chi connectivity index (χ2n) is 9.43. The van der Waals surface area contributed by atoms with Crippen molar-refractivity contribution in [3.63, 3.8) is 0 Å². The molecule has 0 bridgehead atoms. The first-order valence-corrected chi connectivity index (χ1v) is 15.5. The van der Waals surface area contributed by atoms with Crippen LogP contribution in [-0.2, 0) is 4.43 Å². The summed E-state index contributed by atoms with van der Waals surface area (Å²) < 4.78 is 7.65. The highest BCUT2D eigenvalue weighted by atomic mass is 32.2. The van der Waals surface area contributed by atoms with Gasteiger partial charge in [0.15, 0.2) is 8.32 Å². The van der Waals surface area contributed by atoms with Gasteiger partial charge in [-0.05, 0) is 37.4 Å². The van der Waals surface area contributed by atoms with E-state index in [0.29, 0.717) is 10.7 Å². The zero-order valence-electron chi connectivity index (χ0n) is 17.8. The fourth-order valence-electron chi connectivity index (χ4n) is 3.58. The first-order chi connectivity index (χ1) is 12.2. The zero-order valence-corrected chi connectivity index (χ0v) is 20.5. The molecule has 0 aromatic rings. The molecule has 0 N–H and O–H groups in total. The van der Waals surface area contributed by atoms with E-state index in [2.05, 4.69) is 88.6 Å². The Hall–Kier alpha value is 0.357. The normalized spacial score (nSPS) is 22.1. The van der Waals surface area contributed by atoms with Crippen LogP contribution in [0.3, 0.4) is 0 Å². The minimum absolute atomic E-state index is 0.184. The van der Waals surface area contributed by atoms with Crippen LogP contribution in [0.4, 0.5) is 0 Å². The summed E-state index contributed by atoms with van der Waals surface area (Å²) in [6.45, 7) is 14.2. The van der Waals surface area contributed by atoms with E-state index in [4.69, 9.17) is 4.43 Å². The van der Waals surface area contributed by atoms with Crippen LogP contribution in [0.2, 0.25) is 18.1 Å². The highest BCUT2D eigenvalue weighted by Crippen LogP contribution is 2.51. The molecule has 0 saturated carbocycles. The van der Waals surface area contributed by atoms with Gasteiger partial charge in [-0.25, -0.2) is 0 Å². The summed E-state index contributed by atoms with van der Waals surface area (Å²) in [5.74, 6) is 2.59. The second kappa shape index (κ2) is 9.71. The van der Waals surface area contributed by atoms with Crippen molar-refractivity contribution in [3.8, 4) is 0 Å². The molecule has 2 aliphatic rings. The first-order valence-electron chi connectivity index (χ1n) is 10.5. The summed E-state index contributed by atoms with van der Waals surface area (Å²) >= 11 is 4.32. The lowest BCUT2D eigenvalue weighted by atomic mass is 9.79. The van der Waals surface area contributed by atoms with Crippen molar-refractivity contribution in [2.75, 3.05) is 11.5 Å². The molecule has 0 amide bonds. The molecule has 26 heavy (non-hydrogen) atoms. The van der Waals surface area contributed by atoms with Gasteiger partial charge in [0.2, 0.25) is 0 Å². The van der Waals surface area contributed by atoms with Crippen LogP contribution in [0.15, 0.2) is 24.3 Å². The van der Waals surface area contributed by atoms with Crippen LogP contribution < -0.4 is 0 Å². The van der Waals surface area contributed by atoms with Gasteiger partial charge in [0, 0.05) is 23.0 Å². The van der Waals surface area contributed by atoms with Gasteiger partial charge in [-0.15, -0.1) is 23.5 Å². The van der Waals surface area contributed by atoms with E-state index in [0.717, 1.165) is 12.8 Å². The summed E-state index contributed by atoms with van der Waals surface area (Å²) in [6.07, 6.45) is 17.6. The first kappa shape index (κ1) is 22.6. The summed E-state index contributed by atoms with van der Waals surface area (Å²) in [5, 5.41) is 0.276. The number of hydrogen-bond acceptors (Lipinski definition) is 3. The average Bonchev–Trinajstić information content (AvgIpc) is 3.09. The smallest absolute Gasteiger partial charge is 0.192 e. The molecule has 1 nitrogen and oxygen atoms in total. The Balaban J connectivity index is 2.18. The zero-order chi connectivity index (χ0) is 19.3. The quantitative estimate of drug-likeness (QED) is 0.218. The molecule has 1 fully saturated rings.